The average Bonchev–Trinajstić information content (AvgIpc) is 2.45. The monoisotopic (exact) mass is 338 g/mol. The van der Waals surface area contributed by atoms with E-state index in [1.54, 1.807) is 7.05 Å². The second kappa shape index (κ2) is 4.61. The first-order chi connectivity index (χ1) is 6.87. The van der Waals surface area contributed by atoms with Crippen LogP contribution in [0.15, 0.2) is 4.60 Å². The summed E-state index contributed by atoms with van der Waals surface area (Å²) in [6, 6.07) is 0. The third-order valence-corrected chi connectivity index (χ3v) is 3.72. The predicted molar refractivity (Wildman–Crippen MR) is 64.0 cm³/mol. The highest BCUT2D eigenvalue weighted by Gasteiger charge is 2.23. The minimum Gasteiger partial charge on any atom is -0.345 e. The number of hydrogen-bond donors (Lipinski definition) is 1. The minimum absolute atomic E-state index is 0.196. The molecule has 1 aromatic rings. The normalized spacial score (nSPS) is 11.5. The van der Waals surface area contributed by atoms with E-state index >= 15 is 0 Å². The molecule has 0 saturated carbocycles. The quantitative estimate of drug-likeness (QED) is 0.848. The summed E-state index contributed by atoms with van der Waals surface area (Å²) in [5.74, 6) is -0.196. The molecule has 0 bridgehead atoms. The van der Waals surface area contributed by atoms with Crippen molar-refractivity contribution in [2.24, 2.45) is 7.05 Å². The molecular weight excluding hydrogens is 328 g/mol. The molecule has 1 rings (SSSR count). The molecule has 1 heterocycles. The van der Waals surface area contributed by atoms with Crippen LogP contribution in [0.25, 0.3) is 0 Å². The molecule has 0 spiro atoms. The van der Waals surface area contributed by atoms with Gasteiger partial charge in [0.05, 0.1) is 0 Å². The maximum Gasteiger partial charge on any atom is 0.272 e. The van der Waals surface area contributed by atoms with E-state index < -0.39 is 0 Å². The molecule has 0 radical (unpaired) electrons. The molecule has 0 aliphatic rings. The van der Waals surface area contributed by atoms with Gasteiger partial charge in [-0.1, -0.05) is 21.1 Å². The van der Waals surface area contributed by atoms with Crippen molar-refractivity contribution in [2.75, 3.05) is 5.33 Å². The van der Waals surface area contributed by atoms with Crippen LogP contribution in [0.5, 0.6) is 0 Å². The molecule has 15 heavy (non-hydrogen) atoms. The van der Waals surface area contributed by atoms with Gasteiger partial charge in [0.2, 0.25) is 0 Å². The fraction of sp³-hybridized carbons (Fsp3) is 0.625. The molecule has 1 aromatic heterocycles. The predicted octanol–water partition coefficient (Wildman–Crippen LogP) is 1.48. The maximum absolute atomic E-state index is 11.9. The van der Waals surface area contributed by atoms with Crippen molar-refractivity contribution in [3.63, 3.8) is 0 Å². The van der Waals surface area contributed by atoms with Gasteiger partial charge in [0, 0.05) is 17.9 Å². The van der Waals surface area contributed by atoms with Gasteiger partial charge in [-0.2, -0.15) is 0 Å². The highest BCUT2D eigenvalue weighted by Crippen LogP contribution is 2.14. The fourth-order valence-corrected chi connectivity index (χ4v) is 1.62. The van der Waals surface area contributed by atoms with Crippen LogP contribution in [0.2, 0.25) is 0 Å². The first-order valence-corrected chi connectivity index (χ1v) is 6.22. The topological polar surface area (TPSA) is 59.8 Å². The van der Waals surface area contributed by atoms with Crippen LogP contribution in [-0.4, -0.2) is 31.8 Å². The summed E-state index contributed by atoms with van der Waals surface area (Å²) in [5.41, 5.74) is 0.116. The van der Waals surface area contributed by atoms with Crippen molar-refractivity contribution >= 4 is 37.8 Å². The smallest absolute Gasteiger partial charge is 0.272 e. The van der Waals surface area contributed by atoms with Crippen LogP contribution in [0, 0.1) is 0 Å². The number of halogens is 2. The molecule has 7 heteroatoms. The average molecular weight is 340 g/mol. The summed E-state index contributed by atoms with van der Waals surface area (Å²) in [6.07, 6.45) is 0. The number of carbonyl (C=O) groups is 1. The van der Waals surface area contributed by atoms with Crippen molar-refractivity contribution in [2.45, 2.75) is 19.4 Å². The first kappa shape index (κ1) is 12.6. The van der Waals surface area contributed by atoms with E-state index in [0.717, 1.165) is 0 Å². The number of aromatic nitrogens is 3. The van der Waals surface area contributed by atoms with Crippen molar-refractivity contribution in [3.8, 4) is 0 Å². The van der Waals surface area contributed by atoms with Crippen molar-refractivity contribution in [1.29, 1.82) is 0 Å². The van der Waals surface area contributed by atoms with Crippen LogP contribution in [-0.2, 0) is 7.05 Å². The largest absolute Gasteiger partial charge is 0.345 e. The van der Waals surface area contributed by atoms with Gasteiger partial charge in [0.15, 0.2) is 10.3 Å². The summed E-state index contributed by atoms with van der Waals surface area (Å²) in [6.45, 7) is 3.86. The third-order valence-electron chi connectivity index (χ3n) is 1.79. The zero-order chi connectivity index (χ0) is 11.6. The summed E-state index contributed by atoms with van der Waals surface area (Å²) >= 11 is 6.52. The van der Waals surface area contributed by atoms with E-state index in [9.17, 15) is 4.79 Å². The molecule has 0 atom stereocenters. The van der Waals surface area contributed by atoms with Gasteiger partial charge in [0.1, 0.15) is 0 Å². The Bertz CT molecular complexity index is 355. The van der Waals surface area contributed by atoms with E-state index in [0.29, 0.717) is 15.6 Å². The zero-order valence-electron chi connectivity index (χ0n) is 8.71. The summed E-state index contributed by atoms with van der Waals surface area (Å²) in [7, 11) is 1.67. The second-order valence-corrected chi connectivity index (χ2v) is 5.14. The highest BCUT2D eigenvalue weighted by molar-refractivity contribution is 9.10. The van der Waals surface area contributed by atoms with Gasteiger partial charge in [-0.15, -0.1) is 5.10 Å². The van der Waals surface area contributed by atoms with Gasteiger partial charge < -0.3 is 5.32 Å². The van der Waals surface area contributed by atoms with Gasteiger partial charge in [-0.25, -0.2) is 4.68 Å². The lowest BCUT2D eigenvalue weighted by atomic mass is 10.1. The lowest BCUT2D eigenvalue weighted by Crippen LogP contribution is -2.45. The van der Waals surface area contributed by atoms with Crippen molar-refractivity contribution < 1.29 is 4.79 Å². The van der Waals surface area contributed by atoms with Crippen LogP contribution < -0.4 is 5.32 Å². The zero-order valence-corrected chi connectivity index (χ0v) is 11.9. The molecule has 1 amide bonds. The molecule has 0 fully saturated rings. The van der Waals surface area contributed by atoms with Crippen LogP contribution in [0.4, 0.5) is 0 Å². The molecular formula is C8H12Br2N4O. The van der Waals surface area contributed by atoms with Crippen molar-refractivity contribution in [1.82, 2.24) is 20.3 Å². The fourth-order valence-electron chi connectivity index (χ4n) is 0.973. The van der Waals surface area contributed by atoms with Crippen LogP contribution in [0.3, 0.4) is 0 Å². The van der Waals surface area contributed by atoms with Crippen LogP contribution >= 0.6 is 31.9 Å². The molecule has 84 valence electrons. The Morgan fingerprint density at radius 2 is 2.20 bits per heavy atom. The number of amides is 1. The Morgan fingerprint density at radius 1 is 1.60 bits per heavy atom. The SMILES string of the molecule is Cn1nnc(Br)c1C(=O)NC(C)(C)CBr. The second-order valence-electron chi connectivity index (χ2n) is 3.82. The summed E-state index contributed by atoms with van der Waals surface area (Å²) in [5, 5.41) is 11.0. The Morgan fingerprint density at radius 3 is 2.60 bits per heavy atom. The van der Waals surface area contributed by atoms with Gasteiger partial charge in [-0.05, 0) is 29.8 Å². The molecule has 5 nitrogen and oxygen atoms in total. The van der Waals surface area contributed by atoms with E-state index in [1.165, 1.54) is 4.68 Å². The minimum atomic E-state index is -0.305. The number of rotatable bonds is 3. The number of carbonyl (C=O) groups excluding carboxylic acids is 1. The van der Waals surface area contributed by atoms with Crippen LogP contribution in [0.1, 0.15) is 24.3 Å². The lowest BCUT2D eigenvalue weighted by molar-refractivity contribution is 0.0911. The Balaban J connectivity index is 2.87. The van der Waals surface area contributed by atoms with Gasteiger partial charge in [-0.3, -0.25) is 4.79 Å². The number of alkyl halides is 1. The molecule has 0 aromatic carbocycles. The Kier molecular flexibility index (Phi) is 3.88. The van der Waals surface area contributed by atoms with E-state index in [2.05, 4.69) is 47.5 Å². The number of nitrogens with one attached hydrogen (secondary N) is 1. The number of aryl methyl sites for hydroxylation is 1. The number of hydrogen-bond acceptors (Lipinski definition) is 3. The maximum atomic E-state index is 11.9. The summed E-state index contributed by atoms with van der Waals surface area (Å²) < 4.78 is 1.89. The molecule has 1 N–H and O–H groups in total. The van der Waals surface area contributed by atoms with Gasteiger partial charge in [0.25, 0.3) is 5.91 Å². The number of nitrogens with zero attached hydrogens (tertiary/aromatic N) is 3. The lowest BCUT2D eigenvalue weighted by Gasteiger charge is -2.23. The third kappa shape index (κ3) is 3.01. The Hall–Kier alpha value is -0.430. The molecule has 0 aliphatic carbocycles. The molecule has 0 unspecified atom stereocenters. The van der Waals surface area contributed by atoms with E-state index in [-0.39, 0.29) is 11.4 Å². The Labute approximate surface area is 105 Å². The first-order valence-electron chi connectivity index (χ1n) is 4.31. The van der Waals surface area contributed by atoms with E-state index in [4.69, 9.17) is 0 Å². The molecule has 0 aliphatic heterocycles. The van der Waals surface area contributed by atoms with Crippen molar-refractivity contribution in [3.05, 3.63) is 10.3 Å². The standard InChI is InChI=1S/C8H12Br2N4O/c1-8(2,4-9)11-7(15)5-6(10)12-13-14(5)3/h4H2,1-3H3,(H,11,15). The van der Waals surface area contributed by atoms with E-state index in [1.807, 2.05) is 13.8 Å². The highest BCUT2D eigenvalue weighted by atomic mass is 79.9. The van der Waals surface area contributed by atoms with Gasteiger partial charge >= 0.3 is 0 Å². The molecule has 0 saturated heterocycles. The summed E-state index contributed by atoms with van der Waals surface area (Å²) in [4.78, 5) is 11.9.